The molecule has 16 heavy (non-hydrogen) atoms. The summed E-state index contributed by atoms with van der Waals surface area (Å²) in [5.74, 6) is -0.374. The first kappa shape index (κ1) is 11.0. The summed E-state index contributed by atoms with van der Waals surface area (Å²) >= 11 is 5.91. The van der Waals surface area contributed by atoms with Crippen molar-refractivity contribution in [2.75, 3.05) is 0 Å². The molecule has 2 nitrogen and oxygen atoms in total. The van der Waals surface area contributed by atoms with Crippen LogP contribution in [-0.2, 0) is 6.61 Å². The molecule has 0 saturated heterocycles. The Hall–Kier alpha value is -1.45. The Morgan fingerprint density at radius 1 is 1.25 bits per heavy atom. The van der Waals surface area contributed by atoms with Gasteiger partial charge in [-0.2, -0.15) is 0 Å². The lowest BCUT2D eigenvalue weighted by atomic mass is 10.1. The van der Waals surface area contributed by atoms with Crippen LogP contribution in [0.3, 0.4) is 0 Å². The molecular formula is C12H9ClFNO. The monoisotopic (exact) mass is 237 g/mol. The summed E-state index contributed by atoms with van der Waals surface area (Å²) < 4.78 is 12.8. The predicted octanol–water partition coefficient (Wildman–Crippen LogP) is 3.03. The third-order valence-corrected chi connectivity index (χ3v) is 2.53. The van der Waals surface area contributed by atoms with Gasteiger partial charge in [0.1, 0.15) is 5.82 Å². The van der Waals surface area contributed by atoms with Crippen molar-refractivity contribution in [1.82, 2.24) is 4.98 Å². The average Bonchev–Trinajstić information content (AvgIpc) is 2.29. The highest BCUT2D eigenvalue weighted by Crippen LogP contribution is 2.26. The SMILES string of the molecule is OCc1ccc(-c2ccc(F)cc2Cl)nc1. The summed E-state index contributed by atoms with van der Waals surface area (Å²) in [6.45, 7) is -0.0512. The maximum absolute atomic E-state index is 12.8. The van der Waals surface area contributed by atoms with E-state index in [1.165, 1.54) is 12.1 Å². The topological polar surface area (TPSA) is 33.1 Å². The van der Waals surface area contributed by atoms with E-state index in [9.17, 15) is 4.39 Å². The van der Waals surface area contributed by atoms with Gasteiger partial charge in [-0.3, -0.25) is 4.98 Å². The molecule has 1 aromatic heterocycles. The normalized spacial score (nSPS) is 10.4. The Bertz CT molecular complexity index is 499. The largest absolute Gasteiger partial charge is 0.392 e. The van der Waals surface area contributed by atoms with Gasteiger partial charge in [0.2, 0.25) is 0 Å². The van der Waals surface area contributed by atoms with Crippen LogP contribution in [0.15, 0.2) is 36.5 Å². The van der Waals surface area contributed by atoms with Crippen molar-refractivity contribution in [3.63, 3.8) is 0 Å². The standard InChI is InChI=1S/C12H9ClFNO/c13-11-5-9(14)2-3-10(11)12-4-1-8(7-16)6-15-12/h1-6,16H,7H2. The van der Waals surface area contributed by atoms with E-state index in [-0.39, 0.29) is 12.4 Å². The quantitative estimate of drug-likeness (QED) is 0.871. The van der Waals surface area contributed by atoms with Crippen LogP contribution >= 0.6 is 11.6 Å². The minimum atomic E-state index is -0.374. The molecule has 1 heterocycles. The molecule has 82 valence electrons. The highest BCUT2D eigenvalue weighted by atomic mass is 35.5. The highest BCUT2D eigenvalue weighted by molar-refractivity contribution is 6.33. The Morgan fingerprint density at radius 3 is 2.62 bits per heavy atom. The molecule has 0 spiro atoms. The molecule has 2 rings (SSSR count). The van der Waals surface area contributed by atoms with Gasteiger partial charge in [0.05, 0.1) is 17.3 Å². The highest BCUT2D eigenvalue weighted by Gasteiger charge is 2.05. The maximum atomic E-state index is 12.8. The van der Waals surface area contributed by atoms with Crippen LogP contribution in [0.4, 0.5) is 4.39 Å². The number of rotatable bonds is 2. The van der Waals surface area contributed by atoms with Crippen LogP contribution in [-0.4, -0.2) is 10.1 Å². The summed E-state index contributed by atoms with van der Waals surface area (Å²) in [7, 11) is 0. The zero-order chi connectivity index (χ0) is 11.5. The fourth-order valence-electron chi connectivity index (χ4n) is 1.37. The van der Waals surface area contributed by atoms with Gasteiger partial charge in [-0.25, -0.2) is 4.39 Å². The lowest BCUT2D eigenvalue weighted by Gasteiger charge is -2.04. The smallest absolute Gasteiger partial charge is 0.124 e. The third-order valence-electron chi connectivity index (χ3n) is 2.21. The number of nitrogens with zero attached hydrogens (tertiary/aromatic N) is 1. The second-order valence-corrected chi connectivity index (χ2v) is 3.74. The number of hydrogen-bond donors (Lipinski definition) is 1. The van der Waals surface area contributed by atoms with Crippen LogP contribution < -0.4 is 0 Å². The molecule has 0 radical (unpaired) electrons. The number of pyridine rings is 1. The van der Waals surface area contributed by atoms with Crippen LogP contribution in [0.25, 0.3) is 11.3 Å². The van der Waals surface area contributed by atoms with Crippen LogP contribution in [0, 0.1) is 5.82 Å². The fraction of sp³-hybridized carbons (Fsp3) is 0.0833. The van der Waals surface area contributed by atoms with Gasteiger partial charge in [0, 0.05) is 11.8 Å². The van der Waals surface area contributed by atoms with Crippen molar-refractivity contribution in [1.29, 1.82) is 0 Å². The van der Waals surface area contributed by atoms with Crippen molar-refractivity contribution in [2.24, 2.45) is 0 Å². The Balaban J connectivity index is 2.42. The van der Waals surface area contributed by atoms with Crippen LogP contribution in [0.1, 0.15) is 5.56 Å². The average molecular weight is 238 g/mol. The molecule has 0 bridgehead atoms. The lowest BCUT2D eigenvalue weighted by Crippen LogP contribution is -1.89. The second-order valence-electron chi connectivity index (χ2n) is 3.33. The summed E-state index contributed by atoms with van der Waals surface area (Å²) in [4.78, 5) is 4.14. The molecule has 1 N–H and O–H groups in total. The Kier molecular flexibility index (Phi) is 3.17. The Labute approximate surface area is 97.3 Å². The van der Waals surface area contributed by atoms with E-state index in [0.29, 0.717) is 16.3 Å². The summed E-state index contributed by atoms with van der Waals surface area (Å²) in [6.07, 6.45) is 1.56. The zero-order valence-corrected chi connectivity index (χ0v) is 9.08. The van der Waals surface area contributed by atoms with E-state index in [0.717, 1.165) is 5.56 Å². The van der Waals surface area contributed by atoms with E-state index in [1.807, 2.05) is 0 Å². The van der Waals surface area contributed by atoms with Crippen molar-refractivity contribution in [3.8, 4) is 11.3 Å². The molecule has 0 aliphatic carbocycles. The van der Waals surface area contributed by atoms with Gasteiger partial charge in [-0.15, -0.1) is 0 Å². The number of halogens is 2. The number of benzene rings is 1. The van der Waals surface area contributed by atoms with Gasteiger partial charge in [-0.05, 0) is 29.8 Å². The Morgan fingerprint density at radius 2 is 2.06 bits per heavy atom. The number of aliphatic hydroxyl groups excluding tert-OH is 1. The molecular weight excluding hydrogens is 229 g/mol. The first-order valence-corrected chi connectivity index (χ1v) is 5.09. The molecule has 0 amide bonds. The lowest BCUT2D eigenvalue weighted by molar-refractivity contribution is 0.281. The van der Waals surface area contributed by atoms with Gasteiger partial charge < -0.3 is 5.11 Å². The first-order valence-electron chi connectivity index (χ1n) is 4.72. The zero-order valence-electron chi connectivity index (χ0n) is 8.32. The second kappa shape index (κ2) is 4.60. The summed E-state index contributed by atoms with van der Waals surface area (Å²) in [5.41, 5.74) is 2.05. The minimum absolute atomic E-state index is 0.0512. The molecule has 1 aromatic carbocycles. The van der Waals surface area contributed by atoms with Gasteiger partial charge in [0.25, 0.3) is 0 Å². The third kappa shape index (κ3) is 2.21. The molecule has 0 aliphatic heterocycles. The van der Waals surface area contributed by atoms with Crippen molar-refractivity contribution >= 4 is 11.6 Å². The number of aliphatic hydroxyl groups is 1. The molecule has 0 aliphatic rings. The van der Waals surface area contributed by atoms with E-state index in [1.54, 1.807) is 24.4 Å². The number of aromatic nitrogens is 1. The van der Waals surface area contributed by atoms with E-state index < -0.39 is 0 Å². The van der Waals surface area contributed by atoms with E-state index in [2.05, 4.69) is 4.98 Å². The van der Waals surface area contributed by atoms with Crippen molar-refractivity contribution < 1.29 is 9.50 Å². The van der Waals surface area contributed by atoms with Crippen molar-refractivity contribution in [3.05, 3.63) is 52.9 Å². The van der Waals surface area contributed by atoms with Gasteiger partial charge in [0.15, 0.2) is 0 Å². The molecule has 0 saturated carbocycles. The molecule has 2 aromatic rings. The van der Waals surface area contributed by atoms with Crippen molar-refractivity contribution in [2.45, 2.75) is 6.61 Å². The van der Waals surface area contributed by atoms with E-state index >= 15 is 0 Å². The predicted molar refractivity (Wildman–Crippen MR) is 60.6 cm³/mol. The molecule has 4 heteroatoms. The van der Waals surface area contributed by atoms with Crippen LogP contribution in [0.5, 0.6) is 0 Å². The molecule has 0 atom stereocenters. The van der Waals surface area contributed by atoms with Gasteiger partial charge in [-0.1, -0.05) is 17.7 Å². The fourth-order valence-corrected chi connectivity index (χ4v) is 1.64. The maximum Gasteiger partial charge on any atom is 0.124 e. The molecule has 0 fully saturated rings. The molecule has 0 unspecified atom stereocenters. The first-order chi connectivity index (χ1) is 7.70. The number of hydrogen-bond acceptors (Lipinski definition) is 2. The minimum Gasteiger partial charge on any atom is -0.392 e. The summed E-state index contributed by atoms with van der Waals surface area (Å²) in [5, 5.41) is 9.20. The van der Waals surface area contributed by atoms with E-state index in [4.69, 9.17) is 16.7 Å². The summed E-state index contributed by atoms with van der Waals surface area (Å²) in [6, 6.07) is 7.66. The van der Waals surface area contributed by atoms with Gasteiger partial charge >= 0.3 is 0 Å². The van der Waals surface area contributed by atoms with Crippen LogP contribution in [0.2, 0.25) is 5.02 Å².